The zero-order chi connectivity index (χ0) is 29.3. The van der Waals surface area contributed by atoms with Crippen LogP contribution in [0.2, 0.25) is 0 Å². The number of hydrogen-bond donors (Lipinski definition) is 3. The monoisotopic (exact) mass is 556 g/mol. The molecule has 216 valence electrons. The molecule has 0 radical (unpaired) electrons. The van der Waals surface area contributed by atoms with Gasteiger partial charge in [0.25, 0.3) is 0 Å². The standard InChI is InChI=1S/C28H38BFN4O6/c1-27(2,33-14-16-39-17-15-33)11-4-6-22(19-31)25(35)34-13-5-12-28(34,3)20-40-26(36)32-24(29(37)38)18-21-7-9-23(30)10-8-21/h7-10,22,24,37-38H,5-6,12-18,20H2,1-3H3,(H,32,36)/t22?,24-,28+/m0/s1. The van der Waals surface area contributed by atoms with Crippen LogP contribution in [0.15, 0.2) is 24.3 Å². The fraction of sp³-hybridized carbons (Fsp3) is 0.607. The molecule has 1 aromatic rings. The molecule has 0 spiro atoms. The van der Waals surface area contributed by atoms with Crippen molar-refractivity contribution in [3.8, 4) is 17.9 Å². The third-order valence-electron chi connectivity index (χ3n) is 7.52. The van der Waals surface area contributed by atoms with E-state index in [-0.39, 0.29) is 25.4 Å². The van der Waals surface area contributed by atoms with Gasteiger partial charge in [-0.05, 0) is 57.7 Å². The number of carbonyl (C=O) groups excluding carboxylic acids is 2. The molecule has 0 aliphatic carbocycles. The number of benzene rings is 1. The molecule has 2 aliphatic rings. The largest absolute Gasteiger partial charge is 0.475 e. The van der Waals surface area contributed by atoms with Crippen molar-refractivity contribution in [2.24, 2.45) is 5.92 Å². The van der Waals surface area contributed by atoms with E-state index in [1.165, 1.54) is 24.3 Å². The van der Waals surface area contributed by atoms with Gasteiger partial charge in [-0.25, -0.2) is 9.18 Å². The van der Waals surface area contributed by atoms with Crippen LogP contribution in [0.1, 0.15) is 45.6 Å². The average Bonchev–Trinajstić information content (AvgIpc) is 3.32. The van der Waals surface area contributed by atoms with Crippen molar-refractivity contribution in [1.82, 2.24) is 15.1 Å². The van der Waals surface area contributed by atoms with Gasteiger partial charge >= 0.3 is 13.2 Å². The summed E-state index contributed by atoms with van der Waals surface area (Å²) in [4.78, 5) is 29.7. The topological polar surface area (TPSA) is 135 Å². The van der Waals surface area contributed by atoms with Crippen molar-refractivity contribution in [3.05, 3.63) is 35.6 Å². The first-order valence-corrected chi connectivity index (χ1v) is 13.5. The lowest BCUT2D eigenvalue weighted by Crippen LogP contribution is -2.52. The molecule has 2 heterocycles. The highest BCUT2D eigenvalue weighted by atomic mass is 19.1. The van der Waals surface area contributed by atoms with E-state index < -0.39 is 42.0 Å². The summed E-state index contributed by atoms with van der Waals surface area (Å²) in [5.74, 6) is 3.43. The lowest BCUT2D eigenvalue weighted by atomic mass is 9.76. The predicted octanol–water partition coefficient (Wildman–Crippen LogP) is 1.50. The number of hydrogen-bond acceptors (Lipinski definition) is 8. The van der Waals surface area contributed by atoms with Crippen molar-refractivity contribution in [1.29, 1.82) is 5.26 Å². The van der Waals surface area contributed by atoms with E-state index in [4.69, 9.17) is 9.47 Å². The van der Waals surface area contributed by atoms with Gasteiger partial charge in [-0.3, -0.25) is 9.69 Å². The molecular formula is C28H38BFN4O6. The maximum absolute atomic E-state index is 13.3. The summed E-state index contributed by atoms with van der Waals surface area (Å²) in [5, 5.41) is 31.6. The minimum absolute atomic E-state index is 0.0438. The molecule has 2 aliphatic heterocycles. The highest BCUT2D eigenvalue weighted by Crippen LogP contribution is 2.31. The summed E-state index contributed by atoms with van der Waals surface area (Å²) in [5.41, 5.74) is -0.639. The molecule has 1 aromatic carbocycles. The summed E-state index contributed by atoms with van der Waals surface area (Å²) >= 11 is 0. The second kappa shape index (κ2) is 14.0. The van der Waals surface area contributed by atoms with Crippen molar-refractivity contribution in [2.45, 2.75) is 63.5 Å². The summed E-state index contributed by atoms with van der Waals surface area (Å²) < 4.78 is 24.0. The van der Waals surface area contributed by atoms with Crippen molar-refractivity contribution >= 4 is 19.1 Å². The number of nitrogens with one attached hydrogen (secondary N) is 1. The quantitative estimate of drug-likeness (QED) is 0.308. The molecule has 3 N–H and O–H groups in total. The highest BCUT2D eigenvalue weighted by Gasteiger charge is 2.43. The Morgan fingerprint density at radius 3 is 2.55 bits per heavy atom. The highest BCUT2D eigenvalue weighted by molar-refractivity contribution is 6.43. The zero-order valence-electron chi connectivity index (χ0n) is 23.4. The van der Waals surface area contributed by atoms with E-state index in [9.17, 15) is 29.3 Å². The number of halogens is 1. The molecule has 1 unspecified atom stereocenters. The second-order valence-corrected chi connectivity index (χ2v) is 11.0. The van der Waals surface area contributed by atoms with Crippen LogP contribution in [0, 0.1) is 34.9 Å². The van der Waals surface area contributed by atoms with Crippen molar-refractivity contribution in [2.75, 3.05) is 39.5 Å². The molecule has 12 heteroatoms. The Hall–Kier alpha value is -3.16. The predicted molar refractivity (Wildman–Crippen MR) is 146 cm³/mol. The first kappa shape index (κ1) is 31.4. The second-order valence-electron chi connectivity index (χ2n) is 11.0. The van der Waals surface area contributed by atoms with Gasteiger partial charge in [0.1, 0.15) is 18.3 Å². The maximum Gasteiger partial charge on any atom is 0.475 e. The number of likely N-dealkylation sites (tertiary alicyclic amines) is 1. The lowest BCUT2D eigenvalue weighted by Gasteiger charge is -2.37. The molecule has 0 saturated carbocycles. The Morgan fingerprint density at radius 2 is 1.93 bits per heavy atom. The molecule has 3 atom stereocenters. The van der Waals surface area contributed by atoms with E-state index in [1.54, 1.807) is 11.8 Å². The van der Waals surface area contributed by atoms with Crippen LogP contribution in [0.5, 0.6) is 0 Å². The van der Waals surface area contributed by atoms with Crippen LogP contribution in [0.25, 0.3) is 0 Å². The first-order valence-electron chi connectivity index (χ1n) is 13.5. The summed E-state index contributed by atoms with van der Waals surface area (Å²) in [6.07, 6.45) is 0.512. The summed E-state index contributed by atoms with van der Waals surface area (Å²) in [6, 6.07) is 7.54. The fourth-order valence-electron chi connectivity index (χ4n) is 5.02. The Kier molecular flexibility index (Phi) is 10.9. The van der Waals surface area contributed by atoms with Gasteiger partial charge < -0.3 is 29.7 Å². The van der Waals surface area contributed by atoms with Gasteiger partial charge in [0.2, 0.25) is 5.91 Å². The molecule has 3 rings (SSSR count). The number of ether oxygens (including phenoxy) is 2. The number of rotatable bonds is 9. The van der Waals surface area contributed by atoms with Crippen molar-refractivity contribution < 1.29 is 33.5 Å². The van der Waals surface area contributed by atoms with E-state index in [0.717, 1.165) is 13.1 Å². The van der Waals surface area contributed by atoms with Gasteiger partial charge in [-0.15, -0.1) is 0 Å². The minimum Gasteiger partial charge on any atom is -0.447 e. The lowest BCUT2D eigenvalue weighted by molar-refractivity contribution is -0.138. The van der Waals surface area contributed by atoms with Gasteiger partial charge in [0.05, 0.1) is 36.3 Å². The number of nitriles is 1. The minimum atomic E-state index is -1.87. The van der Waals surface area contributed by atoms with Gasteiger partial charge in [-0.1, -0.05) is 24.0 Å². The SMILES string of the molecule is CC(C)(C#CCC(C#N)C(=O)N1CCC[C@]1(C)COC(=O)N[C@@H](Cc1ccc(F)cc1)B(O)O)N1CCOCC1. The Bertz CT molecular complexity index is 1130. The van der Waals surface area contributed by atoms with E-state index in [1.807, 2.05) is 13.8 Å². The fourth-order valence-corrected chi connectivity index (χ4v) is 5.02. The van der Waals surface area contributed by atoms with Crippen LogP contribution in [-0.4, -0.2) is 95.4 Å². The molecule has 0 bridgehead atoms. The Morgan fingerprint density at radius 1 is 1.25 bits per heavy atom. The summed E-state index contributed by atoms with van der Waals surface area (Å²) in [7, 11) is -1.87. The first-order chi connectivity index (χ1) is 18.9. The van der Waals surface area contributed by atoms with Crippen LogP contribution in [0.4, 0.5) is 9.18 Å². The molecule has 40 heavy (non-hydrogen) atoms. The Balaban J connectivity index is 1.57. The van der Waals surface area contributed by atoms with Gasteiger partial charge in [-0.2, -0.15) is 5.26 Å². The van der Waals surface area contributed by atoms with Crippen LogP contribution in [0.3, 0.4) is 0 Å². The zero-order valence-corrected chi connectivity index (χ0v) is 23.4. The van der Waals surface area contributed by atoms with Crippen LogP contribution >= 0.6 is 0 Å². The number of amides is 2. The smallest absolute Gasteiger partial charge is 0.447 e. The molecular weight excluding hydrogens is 518 g/mol. The normalized spacial score (nSPS) is 21.0. The van der Waals surface area contributed by atoms with Crippen LogP contribution in [-0.2, 0) is 20.7 Å². The van der Waals surface area contributed by atoms with Crippen molar-refractivity contribution in [3.63, 3.8) is 0 Å². The Labute approximate surface area is 235 Å². The molecule has 2 saturated heterocycles. The average molecular weight is 556 g/mol. The molecule has 2 fully saturated rings. The summed E-state index contributed by atoms with van der Waals surface area (Å²) in [6.45, 7) is 8.93. The molecule has 2 amide bonds. The number of carbonyl (C=O) groups is 2. The van der Waals surface area contributed by atoms with Gasteiger partial charge in [0, 0.05) is 26.1 Å². The van der Waals surface area contributed by atoms with E-state index >= 15 is 0 Å². The van der Waals surface area contributed by atoms with E-state index in [0.29, 0.717) is 38.2 Å². The third-order valence-corrected chi connectivity index (χ3v) is 7.52. The number of nitrogens with zero attached hydrogens (tertiary/aromatic N) is 3. The molecule has 0 aromatic heterocycles. The number of morpholine rings is 1. The third kappa shape index (κ3) is 8.42. The van der Waals surface area contributed by atoms with E-state index in [2.05, 4.69) is 28.1 Å². The maximum atomic E-state index is 13.3. The van der Waals surface area contributed by atoms with Gasteiger partial charge in [0.15, 0.2) is 0 Å². The van der Waals surface area contributed by atoms with Crippen LogP contribution < -0.4 is 5.32 Å². The number of alkyl carbamates (subject to hydrolysis) is 1. The molecule has 10 nitrogen and oxygen atoms in total.